The monoisotopic (exact) mass is 183 g/mol. The molecule has 0 aromatic rings. The van der Waals surface area contributed by atoms with Crippen molar-refractivity contribution < 1.29 is 0 Å². The van der Waals surface area contributed by atoms with E-state index in [1.54, 1.807) is 0 Å². The van der Waals surface area contributed by atoms with E-state index in [1.807, 2.05) is 0 Å². The first-order chi connectivity index (χ1) is 6.08. The molecule has 0 bridgehead atoms. The number of nitrogens with one attached hydrogen (secondary N) is 1. The highest BCUT2D eigenvalue weighted by atomic mass is 14.9. The van der Waals surface area contributed by atoms with Crippen LogP contribution in [0.1, 0.15) is 53.4 Å². The van der Waals surface area contributed by atoms with Crippen molar-refractivity contribution >= 4 is 0 Å². The van der Waals surface area contributed by atoms with Crippen LogP contribution < -0.4 is 5.32 Å². The van der Waals surface area contributed by atoms with Gasteiger partial charge in [0.15, 0.2) is 0 Å². The van der Waals surface area contributed by atoms with Gasteiger partial charge in [-0.25, -0.2) is 0 Å². The fourth-order valence-electron chi connectivity index (χ4n) is 2.79. The minimum atomic E-state index is 0.570. The van der Waals surface area contributed by atoms with Crippen LogP contribution in [0.3, 0.4) is 0 Å². The van der Waals surface area contributed by atoms with E-state index >= 15 is 0 Å². The lowest BCUT2D eigenvalue weighted by molar-refractivity contribution is 0.206. The molecule has 2 atom stereocenters. The summed E-state index contributed by atoms with van der Waals surface area (Å²) in [5.41, 5.74) is 0.570. The second-order valence-corrected chi connectivity index (χ2v) is 5.23. The first-order valence-electron chi connectivity index (χ1n) is 5.81. The van der Waals surface area contributed by atoms with E-state index in [2.05, 4.69) is 33.0 Å². The minimum absolute atomic E-state index is 0.570. The Morgan fingerprint density at radius 1 is 1.46 bits per heavy atom. The maximum Gasteiger partial charge on any atom is 0.00720 e. The Labute approximate surface area is 83.3 Å². The number of hydrogen-bond donors (Lipinski definition) is 1. The lowest BCUT2D eigenvalue weighted by Gasteiger charge is -2.32. The Balaban J connectivity index is 2.41. The Morgan fingerprint density at radius 2 is 2.15 bits per heavy atom. The third kappa shape index (κ3) is 2.70. The first-order valence-corrected chi connectivity index (χ1v) is 5.81. The smallest absolute Gasteiger partial charge is 0.00720 e. The van der Waals surface area contributed by atoms with Crippen molar-refractivity contribution in [2.24, 2.45) is 11.3 Å². The van der Waals surface area contributed by atoms with E-state index in [9.17, 15) is 0 Å². The molecule has 1 saturated carbocycles. The predicted octanol–water partition coefficient (Wildman–Crippen LogP) is 3.20. The molecule has 0 saturated heterocycles. The van der Waals surface area contributed by atoms with E-state index in [1.165, 1.54) is 32.2 Å². The summed E-state index contributed by atoms with van der Waals surface area (Å²) in [6.45, 7) is 10.6. The van der Waals surface area contributed by atoms with Crippen LogP contribution >= 0.6 is 0 Å². The van der Waals surface area contributed by atoms with Crippen LogP contribution in [-0.4, -0.2) is 12.6 Å². The van der Waals surface area contributed by atoms with Gasteiger partial charge in [-0.1, -0.05) is 27.2 Å². The van der Waals surface area contributed by atoms with Gasteiger partial charge in [0.2, 0.25) is 0 Å². The Kier molecular flexibility index (Phi) is 3.78. The SMILES string of the molecule is CCCNC(C)C1CCCC1(C)C. The minimum Gasteiger partial charge on any atom is -0.314 e. The molecule has 0 amide bonds. The van der Waals surface area contributed by atoms with Gasteiger partial charge in [0.1, 0.15) is 0 Å². The third-order valence-electron chi connectivity index (χ3n) is 3.66. The average Bonchev–Trinajstić information content (AvgIpc) is 2.41. The van der Waals surface area contributed by atoms with Gasteiger partial charge in [0.05, 0.1) is 0 Å². The zero-order chi connectivity index (χ0) is 9.90. The lowest BCUT2D eigenvalue weighted by Crippen LogP contribution is -2.38. The molecule has 78 valence electrons. The average molecular weight is 183 g/mol. The number of rotatable bonds is 4. The van der Waals surface area contributed by atoms with Crippen LogP contribution in [0.4, 0.5) is 0 Å². The van der Waals surface area contributed by atoms with Crippen molar-refractivity contribution in [1.29, 1.82) is 0 Å². The summed E-state index contributed by atoms with van der Waals surface area (Å²) in [5.74, 6) is 0.888. The molecule has 0 spiro atoms. The molecule has 2 unspecified atom stereocenters. The molecule has 1 N–H and O–H groups in total. The highest BCUT2D eigenvalue weighted by molar-refractivity contribution is 4.90. The lowest BCUT2D eigenvalue weighted by atomic mass is 9.78. The number of hydrogen-bond acceptors (Lipinski definition) is 1. The molecule has 1 fully saturated rings. The molecule has 1 aliphatic rings. The maximum absolute atomic E-state index is 3.63. The van der Waals surface area contributed by atoms with Gasteiger partial charge in [-0.3, -0.25) is 0 Å². The Bertz CT molecular complexity index is 151. The topological polar surface area (TPSA) is 12.0 Å². The Hall–Kier alpha value is -0.0400. The van der Waals surface area contributed by atoms with Crippen molar-refractivity contribution in [2.75, 3.05) is 6.54 Å². The Morgan fingerprint density at radius 3 is 2.62 bits per heavy atom. The first kappa shape index (κ1) is 11.0. The summed E-state index contributed by atoms with van der Waals surface area (Å²) in [6.07, 6.45) is 5.51. The van der Waals surface area contributed by atoms with Crippen LogP contribution in [0.25, 0.3) is 0 Å². The molecule has 13 heavy (non-hydrogen) atoms. The molecular weight excluding hydrogens is 158 g/mol. The maximum atomic E-state index is 3.63. The normalized spacial score (nSPS) is 29.1. The van der Waals surface area contributed by atoms with Gasteiger partial charge in [-0.15, -0.1) is 0 Å². The molecule has 1 rings (SSSR count). The summed E-state index contributed by atoms with van der Waals surface area (Å²) < 4.78 is 0. The highest BCUT2D eigenvalue weighted by Gasteiger charge is 2.37. The fraction of sp³-hybridized carbons (Fsp3) is 1.00. The second kappa shape index (κ2) is 4.45. The molecule has 0 aromatic heterocycles. The predicted molar refractivity (Wildman–Crippen MR) is 58.9 cm³/mol. The zero-order valence-corrected chi connectivity index (χ0v) is 9.69. The molecule has 0 aliphatic heterocycles. The molecule has 1 aliphatic carbocycles. The van der Waals surface area contributed by atoms with Crippen molar-refractivity contribution in [3.8, 4) is 0 Å². The van der Waals surface area contributed by atoms with E-state index in [4.69, 9.17) is 0 Å². The summed E-state index contributed by atoms with van der Waals surface area (Å²) in [4.78, 5) is 0. The van der Waals surface area contributed by atoms with Gasteiger partial charge in [0.25, 0.3) is 0 Å². The van der Waals surface area contributed by atoms with Crippen molar-refractivity contribution in [2.45, 2.75) is 59.4 Å². The van der Waals surface area contributed by atoms with Crippen molar-refractivity contribution in [3.63, 3.8) is 0 Å². The van der Waals surface area contributed by atoms with Crippen LogP contribution in [0.2, 0.25) is 0 Å². The molecule has 0 aromatic carbocycles. The van der Waals surface area contributed by atoms with Gasteiger partial charge in [-0.2, -0.15) is 0 Å². The summed E-state index contributed by atoms with van der Waals surface area (Å²) in [6, 6.07) is 0.706. The van der Waals surface area contributed by atoms with E-state index in [0.717, 1.165) is 5.92 Å². The fourth-order valence-corrected chi connectivity index (χ4v) is 2.79. The molecule has 0 radical (unpaired) electrons. The van der Waals surface area contributed by atoms with Crippen molar-refractivity contribution in [3.05, 3.63) is 0 Å². The summed E-state index contributed by atoms with van der Waals surface area (Å²) in [7, 11) is 0. The van der Waals surface area contributed by atoms with Crippen LogP contribution in [-0.2, 0) is 0 Å². The molecular formula is C12H25N. The largest absolute Gasteiger partial charge is 0.314 e. The molecule has 1 heteroatoms. The van der Waals surface area contributed by atoms with E-state index < -0.39 is 0 Å². The highest BCUT2D eigenvalue weighted by Crippen LogP contribution is 2.44. The summed E-state index contributed by atoms with van der Waals surface area (Å²) >= 11 is 0. The van der Waals surface area contributed by atoms with Crippen molar-refractivity contribution in [1.82, 2.24) is 5.32 Å². The van der Waals surface area contributed by atoms with Crippen LogP contribution in [0.5, 0.6) is 0 Å². The van der Waals surface area contributed by atoms with Gasteiger partial charge in [-0.05, 0) is 44.1 Å². The molecule has 0 heterocycles. The van der Waals surface area contributed by atoms with Crippen LogP contribution in [0, 0.1) is 11.3 Å². The van der Waals surface area contributed by atoms with E-state index in [0.29, 0.717) is 11.5 Å². The third-order valence-corrected chi connectivity index (χ3v) is 3.66. The quantitative estimate of drug-likeness (QED) is 0.706. The van der Waals surface area contributed by atoms with Gasteiger partial charge >= 0.3 is 0 Å². The zero-order valence-electron chi connectivity index (χ0n) is 9.69. The van der Waals surface area contributed by atoms with Gasteiger partial charge in [0, 0.05) is 6.04 Å². The summed E-state index contributed by atoms with van der Waals surface area (Å²) in [5, 5.41) is 3.63. The van der Waals surface area contributed by atoms with E-state index in [-0.39, 0.29) is 0 Å². The molecule has 1 nitrogen and oxygen atoms in total. The van der Waals surface area contributed by atoms with Crippen LogP contribution in [0.15, 0.2) is 0 Å². The second-order valence-electron chi connectivity index (χ2n) is 5.23. The van der Waals surface area contributed by atoms with Gasteiger partial charge < -0.3 is 5.32 Å². The standard InChI is InChI=1S/C12H25N/c1-5-9-13-10(2)11-7-6-8-12(11,3)4/h10-11,13H,5-9H2,1-4H3.